The minimum atomic E-state index is -0.841. The highest BCUT2D eigenvalue weighted by Gasteiger charge is 2.39. The fraction of sp³-hybridized carbons (Fsp3) is 0.316. The molecule has 27 heavy (non-hydrogen) atoms. The Bertz CT molecular complexity index is 931. The molecular weight excluding hydrogens is 366 g/mol. The highest BCUT2D eigenvalue weighted by Crippen LogP contribution is 2.28. The molecule has 1 aliphatic heterocycles. The van der Waals surface area contributed by atoms with Crippen LogP contribution in [0.5, 0.6) is 0 Å². The zero-order chi connectivity index (χ0) is 19.9. The van der Waals surface area contributed by atoms with Crippen LogP contribution in [0.2, 0.25) is 0 Å². The normalized spacial score (nSPS) is 13.7. The van der Waals surface area contributed by atoms with Gasteiger partial charge in [-0.2, -0.15) is 0 Å². The van der Waals surface area contributed by atoms with Gasteiger partial charge in [-0.1, -0.05) is 38.0 Å². The molecule has 0 spiro atoms. The molecule has 0 saturated carbocycles. The van der Waals surface area contributed by atoms with Gasteiger partial charge in [0.1, 0.15) is 16.4 Å². The first-order chi connectivity index (χ1) is 12.6. The Morgan fingerprint density at radius 2 is 1.63 bits per heavy atom. The number of hydrogen-bond acceptors (Lipinski definition) is 7. The molecule has 2 amide bonds. The van der Waals surface area contributed by atoms with Crippen molar-refractivity contribution >= 4 is 29.5 Å². The van der Waals surface area contributed by atoms with E-state index in [1.54, 1.807) is 25.3 Å². The number of carbonyl (C=O) groups excluding carboxylic acids is 3. The first-order valence-corrected chi connectivity index (χ1v) is 9.51. The van der Waals surface area contributed by atoms with Crippen LogP contribution < -0.4 is 0 Å². The molecule has 0 bridgehead atoms. The molecule has 0 aliphatic carbocycles. The lowest BCUT2D eigenvalue weighted by molar-refractivity contribution is -0.0588. The van der Waals surface area contributed by atoms with Crippen molar-refractivity contribution in [3.05, 3.63) is 52.5 Å². The van der Waals surface area contributed by atoms with Crippen molar-refractivity contribution in [3.63, 3.8) is 0 Å². The van der Waals surface area contributed by atoms with Gasteiger partial charge in [-0.05, 0) is 25.3 Å². The molecule has 2 heterocycles. The quantitative estimate of drug-likeness (QED) is 0.455. The maximum atomic E-state index is 12.7. The number of amides is 2. The molecular formula is C19H19N3O4S. The van der Waals surface area contributed by atoms with Crippen molar-refractivity contribution in [2.24, 2.45) is 0 Å². The lowest BCUT2D eigenvalue weighted by Gasteiger charge is -2.20. The number of thioether (sulfide) groups is 1. The van der Waals surface area contributed by atoms with Crippen molar-refractivity contribution in [2.45, 2.75) is 38.1 Å². The van der Waals surface area contributed by atoms with Crippen LogP contribution in [0.15, 0.2) is 29.3 Å². The molecule has 1 aliphatic rings. The molecule has 0 fully saturated rings. The Labute approximate surface area is 161 Å². The summed E-state index contributed by atoms with van der Waals surface area (Å²) in [6.07, 6.45) is 1.78. The zero-order valence-electron chi connectivity index (χ0n) is 15.7. The van der Waals surface area contributed by atoms with E-state index in [1.165, 1.54) is 23.9 Å². The predicted octanol–water partition coefficient (Wildman–Crippen LogP) is 3.17. The van der Waals surface area contributed by atoms with E-state index in [9.17, 15) is 14.4 Å². The number of aryl methyl sites for hydroxylation is 1. The molecule has 1 aromatic heterocycles. The Morgan fingerprint density at radius 1 is 1.07 bits per heavy atom. The third-order valence-corrected chi connectivity index (χ3v) is 4.74. The number of fused-ring (bicyclic) bond motifs is 1. The van der Waals surface area contributed by atoms with Crippen LogP contribution >= 0.6 is 11.8 Å². The van der Waals surface area contributed by atoms with Gasteiger partial charge in [-0.25, -0.2) is 14.8 Å². The van der Waals surface area contributed by atoms with E-state index in [2.05, 4.69) is 9.97 Å². The SMILES string of the molecule is CSc1nc(C(C)(C)C)nc(C)c1C(=O)ON1C(=O)c2ccccc2C1=O. The molecule has 0 atom stereocenters. The minimum Gasteiger partial charge on any atom is -0.324 e. The van der Waals surface area contributed by atoms with E-state index < -0.39 is 17.8 Å². The zero-order valence-corrected chi connectivity index (χ0v) is 16.5. The number of hydroxylamine groups is 2. The van der Waals surface area contributed by atoms with Crippen LogP contribution in [0.1, 0.15) is 63.4 Å². The Morgan fingerprint density at radius 3 is 2.11 bits per heavy atom. The van der Waals surface area contributed by atoms with Gasteiger partial charge in [-0.15, -0.1) is 11.8 Å². The Kier molecular flexibility index (Phi) is 4.77. The summed E-state index contributed by atoms with van der Waals surface area (Å²) < 4.78 is 0. The van der Waals surface area contributed by atoms with Crippen LogP contribution in [0, 0.1) is 6.92 Å². The van der Waals surface area contributed by atoms with Gasteiger partial charge in [0.25, 0.3) is 11.8 Å². The van der Waals surface area contributed by atoms with Crippen molar-refractivity contribution in [2.75, 3.05) is 6.26 Å². The molecule has 0 unspecified atom stereocenters. The second-order valence-electron chi connectivity index (χ2n) is 7.10. The van der Waals surface area contributed by atoms with Crippen LogP contribution in [-0.4, -0.2) is 39.1 Å². The second-order valence-corrected chi connectivity index (χ2v) is 7.89. The third-order valence-electron chi connectivity index (χ3n) is 4.06. The van der Waals surface area contributed by atoms with Gasteiger partial charge in [0.05, 0.1) is 16.8 Å². The number of carbonyl (C=O) groups is 3. The van der Waals surface area contributed by atoms with E-state index in [4.69, 9.17) is 4.84 Å². The standard InChI is InChI=1S/C19H19N3O4S/c1-10-13(14(27-5)21-18(20-10)19(2,3)4)17(25)26-22-15(23)11-8-6-7-9-12(11)16(22)24/h6-9H,1-5H3. The first-order valence-electron chi connectivity index (χ1n) is 8.28. The highest BCUT2D eigenvalue weighted by atomic mass is 32.2. The molecule has 3 rings (SSSR count). The highest BCUT2D eigenvalue weighted by molar-refractivity contribution is 7.98. The topological polar surface area (TPSA) is 89.5 Å². The fourth-order valence-corrected chi connectivity index (χ4v) is 3.26. The van der Waals surface area contributed by atoms with Crippen LogP contribution in [-0.2, 0) is 10.3 Å². The number of nitrogens with zero attached hydrogens (tertiary/aromatic N) is 3. The number of rotatable bonds is 3. The lowest BCUT2D eigenvalue weighted by Crippen LogP contribution is -2.33. The maximum absolute atomic E-state index is 12.7. The summed E-state index contributed by atoms with van der Waals surface area (Å²) in [5, 5.41) is 0.933. The van der Waals surface area contributed by atoms with Gasteiger partial charge in [0.2, 0.25) is 0 Å². The molecule has 7 nitrogen and oxygen atoms in total. The summed E-state index contributed by atoms with van der Waals surface area (Å²) in [6.45, 7) is 7.60. The van der Waals surface area contributed by atoms with Gasteiger partial charge in [0.15, 0.2) is 0 Å². The summed E-state index contributed by atoms with van der Waals surface area (Å²) in [7, 11) is 0. The minimum absolute atomic E-state index is 0.145. The van der Waals surface area contributed by atoms with Crippen molar-refractivity contribution in [1.29, 1.82) is 0 Å². The summed E-state index contributed by atoms with van der Waals surface area (Å²) in [4.78, 5) is 51.6. The van der Waals surface area contributed by atoms with E-state index in [-0.39, 0.29) is 22.1 Å². The van der Waals surface area contributed by atoms with Gasteiger partial charge >= 0.3 is 5.97 Å². The first kappa shape index (κ1) is 19.0. The molecule has 8 heteroatoms. The van der Waals surface area contributed by atoms with Gasteiger partial charge in [0, 0.05) is 5.41 Å². The maximum Gasteiger partial charge on any atom is 0.368 e. The lowest BCUT2D eigenvalue weighted by atomic mass is 9.95. The average Bonchev–Trinajstić information content (AvgIpc) is 2.85. The molecule has 0 saturated heterocycles. The smallest absolute Gasteiger partial charge is 0.324 e. The van der Waals surface area contributed by atoms with Crippen LogP contribution in [0.3, 0.4) is 0 Å². The Balaban J connectivity index is 1.94. The molecule has 140 valence electrons. The predicted molar refractivity (Wildman–Crippen MR) is 99.6 cm³/mol. The van der Waals surface area contributed by atoms with Gasteiger partial charge in [-0.3, -0.25) is 9.59 Å². The summed E-state index contributed by atoms with van der Waals surface area (Å²) in [6, 6.07) is 6.32. The van der Waals surface area contributed by atoms with Crippen molar-refractivity contribution < 1.29 is 19.2 Å². The molecule has 0 N–H and O–H groups in total. The Hall–Kier alpha value is -2.74. The number of hydrogen-bond donors (Lipinski definition) is 0. The number of imide groups is 1. The molecule has 2 aromatic rings. The van der Waals surface area contributed by atoms with Crippen LogP contribution in [0.4, 0.5) is 0 Å². The van der Waals surface area contributed by atoms with Crippen molar-refractivity contribution in [1.82, 2.24) is 15.0 Å². The fourth-order valence-electron chi connectivity index (χ4n) is 2.64. The average molecular weight is 385 g/mol. The largest absolute Gasteiger partial charge is 0.368 e. The van der Waals surface area contributed by atoms with Crippen molar-refractivity contribution in [3.8, 4) is 0 Å². The monoisotopic (exact) mass is 385 g/mol. The summed E-state index contributed by atoms with van der Waals surface area (Å²) >= 11 is 1.27. The molecule has 0 radical (unpaired) electrons. The van der Waals surface area contributed by atoms with E-state index in [0.29, 0.717) is 21.6 Å². The van der Waals surface area contributed by atoms with E-state index in [0.717, 1.165) is 0 Å². The van der Waals surface area contributed by atoms with E-state index >= 15 is 0 Å². The van der Waals surface area contributed by atoms with Gasteiger partial charge < -0.3 is 4.84 Å². The number of benzene rings is 1. The van der Waals surface area contributed by atoms with E-state index in [1.807, 2.05) is 20.8 Å². The van der Waals surface area contributed by atoms with Crippen LogP contribution in [0.25, 0.3) is 0 Å². The summed E-state index contributed by atoms with van der Waals surface area (Å²) in [5.74, 6) is -1.58. The number of aromatic nitrogens is 2. The molecule has 1 aromatic carbocycles. The summed E-state index contributed by atoms with van der Waals surface area (Å²) in [5.41, 5.74) is 0.695. The third kappa shape index (κ3) is 3.32. The second kappa shape index (κ2) is 6.77.